The molecule has 7 heteroatoms. The molecule has 1 aliphatic heterocycles. The zero-order chi connectivity index (χ0) is 19.2. The number of phenolic OH excluding ortho intramolecular Hbond substituents is 1. The summed E-state index contributed by atoms with van der Waals surface area (Å²) >= 11 is 6.23. The van der Waals surface area contributed by atoms with E-state index in [9.17, 15) is 9.90 Å². The Bertz CT molecular complexity index is 862. The number of phenols is 1. The Morgan fingerprint density at radius 3 is 2.89 bits per heavy atom. The van der Waals surface area contributed by atoms with Crippen molar-refractivity contribution in [1.29, 1.82) is 0 Å². The van der Waals surface area contributed by atoms with E-state index in [1.807, 2.05) is 0 Å². The van der Waals surface area contributed by atoms with Gasteiger partial charge >= 0.3 is 5.97 Å². The van der Waals surface area contributed by atoms with Crippen LogP contribution in [-0.2, 0) is 16.1 Å². The van der Waals surface area contributed by atoms with Crippen molar-refractivity contribution in [1.82, 2.24) is 0 Å². The van der Waals surface area contributed by atoms with Crippen LogP contribution < -0.4 is 14.2 Å². The predicted octanol–water partition coefficient (Wildman–Crippen LogP) is 3.97. The number of methoxy groups -OCH3 is 1. The Morgan fingerprint density at radius 2 is 2.07 bits per heavy atom. The molecule has 0 unspecified atom stereocenters. The molecule has 27 heavy (non-hydrogen) atoms. The van der Waals surface area contributed by atoms with Gasteiger partial charge in [-0.1, -0.05) is 17.7 Å². The summed E-state index contributed by atoms with van der Waals surface area (Å²) < 4.78 is 21.5. The summed E-state index contributed by atoms with van der Waals surface area (Å²) in [4.78, 5) is 12.0. The van der Waals surface area contributed by atoms with Gasteiger partial charge in [-0.3, -0.25) is 0 Å². The minimum absolute atomic E-state index is 0.0310. The van der Waals surface area contributed by atoms with Crippen molar-refractivity contribution in [2.24, 2.45) is 0 Å². The van der Waals surface area contributed by atoms with E-state index < -0.39 is 5.97 Å². The van der Waals surface area contributed by atoms with Crippen LogP contribution in [0.4, 0.5) is 0 Å². The summed E-state index contributed by atoms with van der Waals surface area (Å²) in [7, 11) is 1.46. The van der Waals surface area contributed by atoms with Crippen LogP contribution in [0, 0.1) is 0 Å². The molecule has 6 nitrogen and oxygen atoms in total. The minimum atomic E-state index is -0.509. The van der Waals surface area contributed by atoms with E-state index in [1.54, 1.807) is 30.3 Å². The third-order valence-corrected chi connectivity index (χ3v) is 4.14. The van der Waals surface area contributed by atoms with Crippen molar-refractivity contribution in [2.45, 2.75) is 13.0 Å². The van der Waals surface area contributed by atoms with Gasteiger partial charge in [-0.05, 0) is 41.5 Å². The molecule has 0 saturated carbocycles. The monoisotopic (exact) mass is 390 g/mol. The van der Waals surface area contributed by atoms with Crippen LogP contribution in [0.1, 0.15) is 17.5 Å². The third kappa shape index (κ3) is 4.86. The molecule has 0 spiro atoms. The van der Waals surface area contributed by atoms with Crippen LogP contribution in [0.15, 0.2) is 36.4 Å². The molecule has 0 atom stereocenters. The van der Waals surface area contributed by atoms with Gasteiger partial charge in [-0.25, -0.2) is 4.79 Å². The summed E-state index contributed by atoms with van der Waals surface area (Å²) in [6.45, 7) is 1.15. The second-order valence-electron chi connectivity index (χ2n) is 5.83. The van der Waals surface area contributed by atoms with Crippen LogP contribution in [0.2, 0.25) is 5.02 Å². The summed E-state index contributed by atoms with van der Waals surface area (Å²) in [6.07, 6.45) is 3.66. The van der Waals surface area contributed by atoms with Crippen molar-refractivity contribution in [3.63, 3.8) is 0 Å². The molecule has 0 bridgehead atoms. The molecule has 2 aromatic rings. The minimum Gasteiger partial charge on any atom is -0.504 e. The lowest BCUT2D eigenvalue weighted by atomic mass is 10.2. The highest BCUT2D eigenvalue weighted by Crippen LogP contribution is 2.38. The Hall–Kier alpha value is -2.86. The zero-order valence-corrected chi connectivity index (χ0v) is 15.5. The van der Waals surface area contributed by atoms with E-state index in [1.165, 1.54) is 19.3 Å². The second kappa shape index (κ2) is 8.68. The maximum atomic E-state index is 12.0. The van der Waals surface area contributed by atoms with Gasteiger partial charge in [0.05, 0.1) is 25.3 Å². The first kappa shape index (κ1) is 18.9. The van der Waals surface area contributed by atoms with Crippen LogP contribution in [0.5, 0.6) is 23.0 Å². The molecule has 3 rings (SSSR count). The molecule has 1 N–H and O–H groups in total. The average molecular weight is 391 g/mol. The quantitative estimate of drug-likeness (QED) is 0.615. The number of aromatic hydroxyl groups is 1. The highest BCUT2D eigenvalue weighted by Gasteiger charge is 2.16. The van der Waals surface area contributed by atoms with E-state index >= 15 is 0 Å². The fourth-order valence-corrected chi connectivity index (χ4v) is 2.82. The van der Waals surface area contributed by atoms with Gasteiger partial charge in [0.15, 0.2) is 23.0 Å². The number of hydrogen-bond acceptors (Lipinski definition) is 6. The zero-order valence-electron chi connectivity index (χ0n) is 14.7. The van der Waals surface area contributed by atoms with Crippen molar-refractivity contribution in [3.8, 4) is 23.0 Å². The first-order valence-electron chi connectivity index (χ1n) is 8.36. The Labute approximate surface area is 161 Å². The largest absolute Gasteiger partial charge is 0.504 e. The Kier molecular flexibility index (Phi) is 6.08. The molecule has 0 amide bonds. The molecule has 2 aromatic carbocycles. The summed E-state index contributed by atoms with van der Waals surface area (Å²) in [6, 6.07) is 8.21. The molecular weight excluding hydrogens is 372 g/mol. The van der Waals surface area contributed by atoms with E-state index in [4.69, 9.17) is 30.5 Å². The van der Waals surface area contributed by atoms with Crippen molar-refractivity contribution in [3.05, 3.63) is 52.6 Å². The lowest BCUT2D eigenvalue weighted by Gasteiger charge is -2.11. The van der Waals surface area contributed by atoms with Crippen molar-refractivity contribution < 1.29 is 28.8 Å². The molecular formula is C20H19ClO6. The van der Waals surface area contributed by atoms with Crippen molar-refractivity contribution >= 4 is 23.6 Å². The molecule has 0 aromatic heterocycles. The molecule has 0 aliphatic carbocycles. The first-order valence-corrected chi connectivity index (χ1v) is 8.74. The van der Waals surface area contributed by atoms with Crippen LogP contribution in [0.3, 0.4) is 0 Å². The number of ether oxygens (including phenoxy) is 4. The lowest BCUT2D eigenvalue weighted by Crippen LogP contribution is -2.02. The fourth-order valence-electron chi connectivity index (χ4n) is 2.53. The predicted molar refractivity (Wildman–Crippen MR) is 101 cm³/mol. The van der Waals surface area contributed by atoms with E-state index in [2.05, 4.69) is 0 Å². The van der Waals surface area contributed by atoms with Gasteiger partial charge in [0.1, 0.15) is 6.61 Å². The van der Waals surface area contributed by atoms with Gasteiger partial charge in [-0.15, -0.1) is 0 Å². The summed E-state index contributed by atoms with van der Waals surface area (Å²) in [5.74, 6) is 0.921. The summed E-state index contributed by atoms with van der Waals surface area (Å²) in [5.41, 5.74) is 1.40. The number of rotatable bonds is 5. The smallest absolute Gasteiger partial charge is 0.331 e. The highest BCUT2D eigenvalue weighted by molar-refractivity contribution is 6.32. The topological polar surface area (TPSA) is 74.2 Å². The van der Waals surface area contributed by atoms with Crippen LogP contribution >= 0.6 is 11.6 Å². The molecule has 0 fully saturated rings. The number of halogens is 1. The maximum Gasteiger partial charge on any atom is 0.331 e. The van der Waals surface area contributed by atoms with Crippen molar-refractivity contribution in [2.75, 3.05) is 20.3 Å². The number of fused-ring (bicyclic) bond motifs is 1. The van der Waals surface area contributed by atoms with E-state index in [0.29, 0.717) is 46.6 Å². The molecule has 1 heterocycles. The number of hydrogen-bond donors (Lipinski definition) is 1. The van der Waals surface area contributed by atoms with Gasteiger partial charge in [-0.2, -0.15) is 0 Å². The highest BCUT2D eigenvalue weighted by atomic mass is 35.5. The number of esters is 1. The molecule has 0 radical (unpaired) electrons. The van der Waals surface area contributed by atoms with Gasteiger partial charge in [0, 0.05) is 12.5 Å². The first-order chi connectivity index (χ1) is 13.1. The third-order valence-electron chi connectivity index (χ3n) is 3.86. The van der Waals surface area contributed by atoms with E-state index in [0.717, 1.165) is 6.42 Å². The van der Waals surface area contributed by atoms with Gasteiger partial charge in [0.2, 0.25) is 0 Å². The summed E-state index contributed by atoms with van der Waals surface area (Å²) in [5, 5.41) is 10.00. The number of carbonyl (C=O) groups is 1. The molecule has 1 aliphatic rings. The lowest BCUT2D eigenvalue weighted by molar-refractivity contribution is -0.138. The average Bonchev–Trinajstić information content (AvgIpc) is 2.91. The Balaban J connectivity index is 1.62. The number of benzene rings is 2. The van der Waals surface area contributed by atoms with Crippen LogP contribution in [-0.4, -0.2) is 31.4 Å². The molecule has 142 valence electrons. The number of carbonyl (C=O) groups excluding carboxylic acids is 1. The maximum absolute atomic E-state index is 12.0. The van der Waals surface area contributed by atoms with Gasteiger partial charge < -0.3 is 24.1 Å². The van der Waals surface area contributed by atoms with E-state index in [-0.39, 0.29) is 12.4 Å². The normalized spacial score (nSPS) is 13.3. The van der Waals surface area contributed by atoms with Crippen LogP contribution in [0.25, 0.3) is 6.08 Å². The standard InChI is InChI=1S/C20H19ClO6/c1-24-17-10-13(3-5-16(17)22)4-6-19(23)27-12-14-9-15(21)20-18(11-14)25-7-2-8-26-20/h3-6,9-11,22H,2,7-8,12H2,1H3/b6-4+. The molecule has 0 saturated heterocycles. The Morgan fingerprint density at radius 1 is 1.26 bits per heavy atom. The van der Waals surface area contributed by atoms with Gasteiger partial charge in [0.25, 0.3) is 0 Å². The fraction of sp³-hybridized carbons (Fsp3) is 0.250. The second-order valence-corrected chi connectivity index (χ2v) is 6.23. The SMILES string of the molecule is COc1cc(/C=C/C(=O)OCc2cc(Cl)c3c(c2)OCCCO3)ccc1O.